The molecular formula is C16H27NO2. The first kappa shape index (κ1) is 14.4. The highest BCUT2D eigenvalue weighted by atomic mass is 16.5. The van der Waals surface area contributed by atoms with E-state index in [0.29, 0.717) is 12.0 Å². The number of hydrogen-bond donors (Lipinski definition) is 1. The van der Waals surface area contributed by atoms with Crippen LogP contribution in [0.1, 0.15) is 58.8 Å². The number of rotatable bonds is 4. The van der Waals surface area contributed by atoms with Crippen molar-refractivity contribution in [1.29, 1.82) is 0 Å². The first-order valence-corrected chi connectivity index (χ1v) is 7.80. The van der Waals surface area contributed by atoms with Crippen molar-refractivity contribution in [2.75, 3.05) is 0 Å². The zero-order valence-electron chi connectivity index (χ0n) is 12.2. The van der Waals surface area contributed by atoms with Gasteiger partial charge in [0.05, 0.1) is 12.0 Å². The number of carbonyl (C=O) groups excluding carboxylic acids is 1. The zero-order valence-corrected chi connectivity index (χ0v) is 12.2. The van der Waals surface area contributed by atoms with E-state index in [1.165, 1.54) is 32.1 Å². The lowest BCUT2D eigenvalue weighted by Crippen LogP contribution is -2.46. The Morgan fingerprint density at radius 3 is 2.53 bits per heavy atom. The Morgan fingerprint density at radius 1 is 1.21 bits per heavy atom. The van der Waals surface area contributed by atoms with E-state index in [-0.39, 0.29) is 18.0 Å². The summed E-state index contributed by atoms with van der Waals surface area (Å²) in [6.07, 6.45) is 12.7. The topological polar surface area (TPSA) is 38.3 Å². The van der Waals surface area contributed by atoms with Crippen molar-refractivity contribution in [1.82, 2.24) is 5.32 Å². The average Bonchev–Trinajstić information content (AvgIpc) is 2.46. The number of esters is 1. The van der Waals surface area contributed by atoms with Crippen molar-refractivity contribution in [2.24, 2.45) is 11.8 Å². The SMILES string of the molecule is CC(C)C(=O)OC(C1CCCCC1)C1CCC=CN1. The largest absolute Gasteiger partial charge is 0.460 e. The smallest absolute Gasteiger partial charge is 0.308 e. The summed E-state index contributed by atoms with van der Waals surface area (Å²) in [6.45, 7) is 3.82. The summed E-state index contributed by atoms with van der Waals surface area (Å²) in [6, 6.07) is 0.302. The summed E-state index contributed by atoms with van der Waals surface area (Å²) in [5.41, 5.74) is 0. The highest BCUT2D eigenvalue weighted by Gasteiger charge is 2.34. The monoisotopic (exact) mass is 265 g/mol. The maximum absolute atomic E-state index is 12.0. The van der Waals surface area contributed by atoms with Crippen LogP contribution in [0.25, 0.3) is 0 Å². The minimum absolute atomic E-state index is 0.0368. The molecule has 1 N–H and O–H groups in total. The van der Waals surface area contributed by atoms with E-state index in [1.54, 1.807) is 0 Å². The van der Waals surface area contributed by atoms with Gasteiger partial charge in [-0.1, -0.05) is 39.2 Å². The minimum atomic E-state index is -0.0491. The number of nitrogens with one attached hydrogen (secondary N) is 1. The highest BCUT2D eigenvalue weighted by Crippen LogP contribution is 2.31. The van der Waals surface area contributed by atoms with Crippen molar-refractivity contribution in [2.45, 2.75) is 70.9 Å². The standard InChI is InChI=1S/C16H27NO2/c1-12(2)16(18)19-15(13-8-4-3-5-9-13)14-10-6-7-11-17-14/h7,11-15,17H,3-6,8-10H2,1-2H3. The van der Waals surface area contributed by atoms with Crippen LogP contribution in [0.15, 0.2) is 12.3 Å². The highest BCUT2D eigenvalue weighted by molar-refractivity contribution is 5.71. The second kappa shape index (κ2) is 6.97. The van der Waals surface area contributed by atoms with E-state index >= 15 is 0 Å². The number of ether oxygens (including phenoxy) is 1. The van der Waals surface area contributed by atoms with Crippen molar-refractivity contribution in [3.8, 4) is 0 Å². The van der Waals surface area contributed by atoms with Crippen molar-refractivity contribution < 1.29 is 9.53 Å². The van der Waals surface area contributed by atoms with Crippen molar-refractivity contribution >= 4 is 5.97 Å². The van der Waals surface area contributed by atoms with Crippen LogP contribution in [0.3, 0.4) is 0 Å². The van der Waals surface area contributed by atoms with Gasteiger partial charge in [-0.15, -0.1) is 0 Å². The molecule has 2 aliphatic rings. The third-order valence-electron chi connectivity index (χ3n) is 4.31. The van der Waals surface area contributed by atoms with Gasteiger partial charge in [0.25, 0.3) is 0 Å². The molecule has 3 heteroatoms. The van der Waals surface area contributed by atoms with E-state index in [1.807, 2.05) is 20.0 Å². The molecule has 3 nitrogen and oxygen atoms in total. The van der Waals surface area contributed by atoms with Crippen LogP contribution < -0.4 is 5.32 Å². The summed E-state index contributed by atoms with van der Waals surface area (Å²) < 4.78 is 5.86. The molecule has 1 heterocycles. The molecule has 0 bridgehead atoms. The molecule has 0 radical (unpaired) electrons. The lowest BCUT2D eigenvalue weighted by Gasteiger charge is -2.36. The minimum Gasteiger partial charge on any atom is -0.460 e. The van der Waals surface area contributed by atoms with Gasteiger partial charge in [-0.25, -0.2) is 0 Å². The van der Waals surface area contributed by atoms with Crippen molar-refractivity contribution in [3.63, 3.8) is 0 Å². The van der Waals surface area contributed by atoms with Gasteiger partial charge in [-0.05, 0) is 37.8 Å². The van der Waals surface area contributed by atoms with Crippen LogP contribution in [-0.2, 0) is 9.53 Å². The Hall–Kier alpha value is -0.990. The Balaban J connectivity index is 2.02. The van der Waals surface area contributed by atoms with Crippen LogP contribution in [0, 0.1) is 11.8 Å². The summed E-state index contributed by atoms with van der Waals surface area (Å²) in [5.74, 6) is 0.456. The Kier molecular flexibility index (Phi) is 5.29. The maximum Gasteiger partial charge on any atom is 0.308 e. The molecule has 0 spiro atoms. The molecule has 1 fully saturated rings. The van der Waals surface area contributed by atoms with Gasteiger partial charge in [0.2, 0.25) is 0 Å². The van der Waals surface area contributed by atoms with Crippen LogP contribution in [0.5, 0.6) is 0 Å². The van der Waals surface area contributed by atoms with Crippen LogP contribution >= 0.6 is 0 Å². The normalized spacial score (nSPS) is 25.9. The molecule has 0 aromatic rings. The molecule has 0 aromatic heterocycles. The average molecular weight is 265 g/mol. The molecule has 2 unspecified atom stereocenters. The van der Waals surface area contributed by atoms with Gasteiger partial charge < -0.3 is 10.1 Å². The van der Waals surface area contributed by atoms with E-state index in [2.05, 4.69) is 11.4 Å². The van der Waals surface area contributed by atoms with Gasteiger partial charge in [0, 0.05) is 0 Å². The molecule has 2 rings (SSSR count). The van der Waals surface area contributed by atoms with Gasteiger partial charge in [-0.2, -0.15) is 0 Å². The third kappa shape index (κ3) is 3.99. The Morgan fingerprint density at radius 2 is 1.95 bits per heavy atom. The summed E-state index contributed by atoms with van der Waals surface area (Å²) in [7, 11) is 0. The van der Waals surface area contributed by atoms with Gasteiger partial charge in [0.1, 0.15) is 6.10 Å². The first-order valence-electron chi connectivity index (χ1n) is 7.80. The predicted molar refractivity (Wildman–Crippen MR) is 76.6 cm³/mol. The molecule has 0 aromatic carbocycles. The quantitative estimate of drug-likeness (QED) is 0.792. The lowest BCUT2D eigenvalue weighted by molar-refractivity contribution is -0.158. The van der Waals surface area contributed by atoms with E-state index < -0.39 is 0 Å². The summed E-state index contributed by atoms with van der Waals surface area (Å²) >= 11 is 0. The van der Waals surface area contributed by atoms with Crippen molar-refractivity contribution in [3.05, 3.63) is 12.3 Å². The Bertz CT molecular complexity index is 319. The fourth-order valence-corrected chi connectivity index (χ4v) is 3.13. The molecule has 1 aliphatic heterocycles. The predicted octanol–water partition coefficient (Wildman–Crippen LogP) is 3.40. The van der Waals surface area contributed by atoms with E-state index in [0.717, 1.165) is 12.8 Å². The van der Waals surface area contributed by atoms with E-state index in [4.69, 9.17) is 4.74 Å². The fourth-order valence-electron chi connectivity index (χ4n) is 3.13. The molecule has 0 saturated heterocycles. The molecule has 19 heavy (non-hydrogen) atoms. The molecule has 1 saturated carbocycles. The van der Waals surface area contributed by atoms with E-state index in [9.17, 15) is 4.79 Å². The molecule has 2 atom stereocenters. The number of carbonyl (C=O) groups is 1. The number of allylic oxidation sites excluding steroid dienone is 1. The molecule has 0 amide bonds. The Labute approximate surface area is 116 Å². The van der Waals surface area contributed by atoms with Crippen LogP contribution in [-0.4, -0.2) is 18.1 Å². The zero-order chi connectivity index (χ0) is 13.7. The third-order valence-corrected chi connectivity index (χ3v) is 4.31. The van der Waals surface area contributed by atoms with Crippen LogP contribution in [0.2, 0.25) is 0 Å². The molecular weight excluding hydrogens is 238 g/mol. The van der Waals surface area contributed by atoms with Gasteiger partial charge >= 0.3 is 5.97 Å². The first-order chi connectivity index (χ1) is 9.18. The maximum atomic E-state index is 12.0. The molecule has 108 valence electrons. The summed E-state index contributed by atoms with van der Waals surface area (Å²) in [5, 5.41) is 3.40. The van der Waals surface area contributed by atoms with Gasteiger partial charge in [0.15, 0.2) is 0 Å². The second-order valence-corrected chi connectivity index (χ2v) is 6.21. The fraction of sp³-hybridized carbons (Fsp3) is 0.812. The second-order valence-electron chi connectivity index (χ2n) is 6.21. The molecule has 1 aliphatic carbocycles. The van der Waals surface area contributed by atoms with Crippen LogP contribution in [0.4, 0.5) is 0 Å². The number of hydrogen-bond acceptors (Lipinski definition) is 3. The van der Waals surface area contributed by atoms with Gasteiger partial charge in [-0.3, -0.25) is 4.79 Å². The lowest BCUT2D eigenvalue weighted by atomic mass is 9.81. The summed E-state index contributed by atoms with van der Waals surface area (Å²) in [4.78, 5) is 12.0.